The number of hydrogen-bond donors (Lipinski definition) is 2. The fraction of sp³-hybridized carbons (Fsp3) is 0.421. The lowest BCUT2D eigenvalue weighted by Crippen LogP contribution is -2.36. The van der Waals surface area contributed by atoms with Crippen LogP contribution in [0.4, 0.5) is 17.2 Å². The standard InChI is InChI=1S/C19H25N5O/c1-24(2)16-10-8-15(9-11-16)20-18-13-12-17(22-23-18)19(25)21-14-6-4-3-5-7-14/h8-14H,3-7H2,1-2H3,(H,20,23)(H,21,25). The van der Waals surface area contributed by atoms with Crippen molar-refractivity contribution in [1.29, 1.82) is 0 Å². The molecule has 1 fully saturated rings. The minimum absolute atomic E-state index is 0.138. The average molecular weight is 339 g/mol. The van der Waals surface area contributed by atoms with Crippen molar-refractivity contribution in [3.05, 3.63) is 42.1 Å². The van der Waals surface area contributed by atoms with Crippen LogP contribution in [-0.2, 0) is 0 Å². The molecule has 6 heteroatoms. The predicted octanol–water partition coefficient (Wildman–Crippen LogP) is 3.35. The first-order valence-electron chi connectivity index (χ1n) is 8.81. The van der Waals surface area contributed by atoms with Gasteiger partial charge in [-0.1, -0.05) is 19.3 Å². The summed E-state index contributed by atoms with van der Waals surface area (Å²) in [7, 11) is 4.01. The molecule has 1 aliphatic carbocycles. The van der Waals surface area contributed by atoms with E-state index in [4.69, 9.17) is 0 Å². The molecule has 0 aliphatic heterocycles. The van der Waals surface area contributed by atoms with Crippen LogP contribution in [0.1, 0.15) is 42.6 Å². The van der Waals surface area contributed by atoms with Crippen molar-refractivity contribution in [2.45, 2.75) is 38.1 Å². The minimum Gasteiger partial charge on any atom is -0.378 e. The first kappa shape index (κ1) is 17.2. The molecule has 1 aliphatic rings. The molecule has 1 saturated carbocycles. The quantitative estimate of drug-likeness (QED) is 0.874. The van der Waals surface area contributed by atoms with Crippen LogP contribution in [-0.4, -0.2) is 36.2 Å². The molecule has 1 aromatic heterocycles. The van der Waals surface area contributed by atoms with Crippen LogP contribution in [0.15, 0.2) is 36.4 Å². The fourth-order valence-corrected chi connectivity index (χ4v) is 3.02. The van der Waals surface area contributed by atoms with Crippen LogP contribution in [0.3, 0.4) is 0 Å². The highest BCUT2D eigenvalue weighted by Gasteiger charge is 2.17. The van der Waals surface area contributed by atoms with E-state index >= 15 is 0 Å². The molecule has 2 aromatic rings. The van der Waals surface area contributed by atoms with E-state index in [1.54, 1.807) is 12.1 Å². The van der Waals surface area contributed by atoms with Crippen LogP contribution in [0.25, 0.3) is 0 Å². The number of carbonyl (C=O) groups excluding carboxylic acids is 1. The Bertz CT molecular complexity index is 691. The topological polar surface area (TPSA) is 70.2 Å². The molecule has 6 nitrogen and oxygen atoms in total. The number of nitrogens with zero attached hydrogens (tertiary/aromatic N) is 3. The van der Waals surface area contributed by atoms with Crippen LogP contribution in [0, 0.1) is 0 Å². The van der Waals surface area contributed by atoms with Crippen molar-refractivity contribution in [2.75, 3.05) is 24.3 Å². The van der Waals surface area contributed by atoms with Gasteiger partial charge >= 0.3 is 0 Å². The highest BCUT2D eigenvalue weighted by molar-refractivity contribution is 5.92. The van der Waals surface area contributed by atoms with E-state index in [-0.39, 0.29) is 11.9 Å². The van der Waals surface area contributed by atoms with Gasteiger partial charge in [-0.25, -0.2) is 0 Å². The molecule has 0 unspecified atom stereocenters. The van der Waals surface area contributed by atoms with Gasteiger partial charge in [-0.15, -0.1) is 10.2 Å². The summed E-state index contributed by atoms with van der Waals surface area (Å²) in [6, 6.07) is 11.8. The van der Waals surface area contributed by atoms with E-state index in [1.165, 1.54) is 19.3 Å². The van der Waals surface area contributed by atoms with Crippen LogP contribution >= 0.6 is 0 Å². The summed E-state index contributed by atoms with van der Waals surface area (Å²) < 4.78 is 0. The van der Waals surface area contributed by atoms with Crippen molar-refractivity contribution in [1.82, 2.24) is 15.5 Å². The first-order chi connectivity index (χ1) is 12.1. The zero-order chi connectivity index (χ0) is 17.6. The van der Waals surface area contributed by atoms with Crippen molar-refractivity contribution < 1.29 is 4.79 Å². The molecule has 1 heterocycles. The maximum Gasteiger partial charge on any atom is 0.272 e. The largest absolute Gasteiger partial charge is 0.378 e. The Kier molecular flexibility index (Phi) is 5.48. The van der Waals surface area contributed by atoms with Gasteiger partial charge in [0.15, 0.2) is 11.5 Å². The number of anilines is 3. The number of carbonyl (C=O) groups is 1. The highest BCUT2D eigenvalue weighted by atomic mass is 16.2. The van der Waals surface area contributed by atoms with Crippen molar-refractivity contribution >= 4 is 23.1 Å². The Hall–Kier alpha value is -2.63. The zero-order valence-corrected chi connectivity index (χ0v) is 14.8. The first-order valence-corrected chi connectivity index (χ1v) is 8.81. The highest BCUT2D eigenvalue weighted by Crippen LogP contribution is 2.19. The third-order valence-electron chi connectivity index (χ3n) is 4.49. The Morgan fingerprint density at radius 1 is 1.00 bits per heavy atom. The molecule has 0 bridgehead atoms. The van der Waals surface area contributed by atoms with E-state index < -0.39 is 0 Å². The number of amides is 1. The number of benzene rings is 1. The van der Waals surface area contributed by atoms with Gasteiger partial charge in [0.05, 0.1) is 0 Å². The zero-order valence-electron chi connectivity index (χ0n) is 14.8. The van der Waals surface area contributed by atoms with E-state index in [0.29, 0.717) is 11.5 Å². The van der Waals surface area contributed by atoms with Crippen molar-refractivity contribution in [3.63, 3.8) is 0 Å². The number of rotatable bonds is 5. The Balaban J connectivity index is 1.58. The fourth-order valence-electron chi connectivity index (χ4n) is 3.02. The predicted molar refractivity (Wildman–Crippen MR) is 100 cm³/mol. The van der Waals surface area contributed by atoms with E-state index in [2.05, 4.69) is 20.8 Å². The molecule has 0 saturated heterocycles. The van der Waals surface area contributed by atoms with Crippen molar-refractivity contribution in [2.24, 2.45) is 0 Å². The van der Waals surface area contributed by atoms with Gasteiger partial charge in [-0.2, -0.15) is 0 Å². The minimum atomic E-state index is -0.138. The number of nitrogens with one attached hydrogen (secondary N) is 2. The molecule has 0 atom stereocenters. The normalized spacial score (nSPS) is 14.8. The maximum atomic E-state index is 12.2. The molecule has 1 amide bonds. The summed E-state index contributed by atoms with van der Waals surface area (Å²) in [5, 5.41) is 14.4. The Morgan fingerprint density at radius 2 is 1.72 bits per heavy atom. The summed E-state index contributed by atoms with van der Waals surface area (Å²) in [6.07, 6.45) is 5.75. The van der Waals surface area contributed by atoms with Gasteiger partial charge in [0.25, 0.3) is 5.91 Å². The molecule has 25 heavy (non-hydrogen) atoms. The summed E-state index contributed by atoms with van der Waals surface area (Å²) in [5.74, 6) is 0.480. The smallest absolute Gasteiger partial charge is 0.272 e. The summed E-state index contributed by atoms with van der Waals surface area (Å²) in [5.41, 5.74) is 2.42. The monoisotopic (exact) mass is 339 g/mol. The summed E-state index contributed by atoms with van der Waals surface area (Å²) in [6.45, 7) is 0. The Morgan fingerprint density at radius 3 is 2.32 bits per heavy atom. The molecule has 3 rings (SSSR count). The van der Waals surface area contributed by atoms with E-state index in [9.17, 15) is 4.79 Å². The second-order valence-corrected chi connectivity index (χ2v) is 6.68. The molecule has 1 aromatic carbocycles. The molecular weight excluding hydrogens is 314 g/mol. The molecule has 132 valence electrons. The lowest BCUT2D eigenvalue weighted by Gasteiger charge is -2.22. The van der Waals surface area contributed by atoms with Gasteiger partial charge in [0.1, 0.15) is 0 Å². The van der Waals surface area contributed by atoms with Gasteiger partial charge < -0.3 is 15.5 Å². The Labute approximate surface area is 148 Å². The van der Waals surface area contributed by atoms with Crippen LogP contribution in [0.5, 0.6) is 0 Å². The van der Waals surface area contributed by atoms with Crippen molar-refractivity contribution in [3.8, 4) is 0 Å². The summed E-state index contributed by atoms with van der Waals surface area (Å²) in [4.78, 5) is 14.3. The lowest BCUT2D eigenvalue weighted by atomic mass is 9.95. The van der Waals surface area contributed by atoms with Crippen LogP contribution < -0.4 is 15.5 Å². The second kappa shape index (κ2) is 7.96. The number of aromatic nitrogens is 2. The molecule has 2 N–H and O–H groups in total. The molecule has 0 radical (unpaired) electrons. The third-order valence-corrected chi connectivity index (χ3v) is 4.49. The molecular formula is C19H25N5O. The SMILES string of the molecule is CN(C)c1ccc(Nc2ccc(C(=O)NC3CCCCC3)nn2)cc1. The summed E-state index contributed by atoms with van der Waals surface area (Å²) >= 11 is 0. The van der Waals surface area contributed by atoms with E-state index in [1.807, 2.05) is 43.3 Å². The van der Waals surface area contributed by atoms with Gasteiger partial charge in [-0.05, 0) is 49.2 Å². The molecule has 0 spiro atoms. The van der Waals surface area contributed by atoms with Gasteiger partial charge in [0.2, 0.25) is 0 Å². The van der Waals surface area contributed by atoms with Gasteiger partial charge in [0, 0.05) is 31.5 Å². The average Bonchev–Trinajstić information content (AvgIpc) is 2.63. The maximum absolute atomic E-state index is 12.2. The van der Waals surface area contributed by atoms with Crippen LogP contribution in [0.2, 0.25) is 0 Å². The third kappa shape index (κ3) is 4.68. The lowest BCUT2D eigenvalue weighted by molar-refractivity contribution is 0.0921. The number of hydrogen-bond acceptors (Lipinski definition) is 5. The van der Waals surface area contributed by atoms with E-state index in [0.717, 1.165) is 24.2 Å². The second-order valence-electron chi connectivity index (χ2n) is 6.68. The van der Waals surface area contributed by atoms with Gasteiger partial charge in [-0.3, -0.25) is 4.79 Å².